The van der Waals surface area contributed by atoms with Gasteiger partial charge in [-0.25, -0.2) is 9.38 Å². The average molecular weight is 378 g/mol. The maximum Gasteiger partial charge on any atom is 0.194 e. The van der Waals surface area contributed by atoms with Crippen molar-refractivity contribution in [1.82, 2.24) is 20.0 Å². The average Bonchev–Trinajstić information content (AvgIpc) is 3.11. The Kier molecular flexibility index (Phi) is 8.51. The van der Waals surface area contributed by atoms with Crippen LogP contribution < -0.4 is 5.32 Å². The molecule has 1 saturated heterocycles. The van der Waals surface area contributed by atoms with E-state index in [1.54, 1.807) is 6.07 Å². The minimum Gasteiger partial charge on any atom is -0.357 e. The Morgan fingerprint density at radius 3 is 2.63 bits per heavy atom. The molecule has 1 aliphatic heterocycles. The quantitative estimate of drug-likeness (QED) is 0.558. The zero-order valence-electron chi connectivity index (χ0n) is 17.6. The number of hydrogen-bond acceptors (Lipinski definition) is 3. The molecule has 1 aromatic carbocycles. The lowest BCUT2D eigenvalue weighted by atomic mass is 10.1. The van der Waals surface area contributed by atoms with Crippen LogP contribution in [0.25, 0.3) is 0 Å². The van der Waals surface area contributed by atoms with Crippen LogP contribution in [0.1, 0.15) is 38.3 Å². The van der Waals surface area contributed by atoms with Gasteiger partial charge >= 0.3 is 0 Å². The molecule has 0 saturated carbocycles. The highest BCUT2D eigenvalue weighted by Crippen LogP contribution is 2.17. The number of aliphatic imine (C=N–C) groups is 1. The summed E-state index contributed by atoms with van der Waals surface area (Å²) in [5, 5.41) is 3.42. The Hall–Kier alpha value is -1.66. The number of likely N-dealkylation sites (tertiary alicyclic amines) is 1. The summed E-state index contributed by atoms with van der Waals surface area (Å²) < 4.78 is 14.0. The van der Waals surface area contributed by atoms with E-state index in [0.717, 1.165) is 49.8 Å². The third-order valence-electron chi connectivity index (χ3n) is 5.13. The Labute approximate surface area is 164 Å². The molecule has 152 valence electrons. The third-order valence-corrected chi connectivity index (χ3v) is 5.13. The molecule has 0 aromatic heterocycles. The van der Waals surface area contributed by atoms with E-state index in [2.05, 4.69) is 35.9 Å². The highest BCUT2D eigenvalue weighted by molar-refractivity contribution is 5.80. The van der Waals surface area contributed by atoms with Gasteiger partial charge in [-0.1, -0.05) is 19.9 Å². The molecule has 1 aliphatic rings. The molecule has 1 fully saturated rings. The van der Waals surface area contributed by atoms with Crippen molar-refractivity contribution in [2.45, 2.75) is 46.3 Å². The molecule has 1 aromatic rings. The molecule has 1 heterocycles. The molecule has 5 nitrogen and oxygen atoms in total. The zero-order chi connectivity index (χ0) is 19.8. The smallest absolute Gasteiger partial charge is 0.194 e. The number of halogens is 1. The van der Waals surface area contributed by atoms with Gasteiger partial charge in [0.1, 0.15) is 5.82 Å². The predicted octanol–water partition coefficient (Wildman–Crippen LogP) is 2.77. The van der Waals surface area contributed by atoms with Gasteiger partial charge in [-0.2, -0.15) is 0 Å². The molecule has 2 rings (SSSR count). The van der Waals surface area contributed by atoms with Crippen LogP contribution in [-0.2, 0) is 13.1 Å². The van der Waals surface area contributed by atoms with Gasteiger partial charge in [0.15, 0.2) is 5.96 Å². The lowest BCUT2D eigenvalue weighted by Crippen LogP contribution is -2.43. The summed E-state index contributed by atoms with van der Waals surface area (Å²) in [4.78, 5) is 11.7. The SMILES string of the molecule is CCNC(=NCc1ccc(F)c(CN(C)C)c1)N1CCC(N(CC)CC)C1. The van der Waals surface area contributed by atoms with Crippen molar-refractivity contribution in [1.29, 1.82) is 0 Å². The minimum atomic E-state index is -0.148. The minimum absolute atomic E-state index is 0.148. The number of guanidine groups is 1. The van der Waals surface area contributed by atoms with Crippen LogP contribution >= 0.6 is 0 Å². The summed E-state index contributed by atoms with van der Waals surface area (Å²) in [6.07, 6.45) is 1.18. The van der Waals surface area contributed by atoms with E-state index < -0.39 is 0 Å². The summed E-state index contributed by atoms with van der Waals surface area (Å²) in [6.45, 7) is 12.8. The van der Waals surface area contributed by atoms with Crippen LogP contribution in [0, 0.1) is 5.82 Å². The Morgan fingerprint density at radius 1 is 1.26 bits per heavy atom. The number of likely N-dealkylation sites (N-methyl/N-ethyl adjacent to an activating group) is 1. The summed E-state index contributed by atoms with van der Waals surface area (Å²) in [5.74, 6) is 0.815. The standard InChI is InChI=1S/C21H36FN5/c1-6-23-21(27-12-11-19(16-27)26(7-2)8-3)24-14-17-9-10-20(22)18(13-17)15-25(4)5/h9-10,13,19H,6-8,11-12,14-16H2,1-5H3,(H,23,24). The first-order valence-corrected chi connectivity index (χ1v) is 10.2. The molecule has 0 radical (unpaired) electrons. The summed E-state index contributed by atoms with van der Waals surface area (Å²) in [5.41, 5.74) is 1.77. The zero-order valence-corrected chi connectivity index (χ0v) is 17.6. The highest BCUT2D eigenvalue weighted by atomic mass is 19.1. The number of benzene rings is 1. The van der Waals surface area contributed by atoms with Crippen molar-refractivity contribution in [3.05, 3.63) is 35.1 Å². The van der Waals surface area contributed by atoms with E-state index in [0.29, 0.717) is 19.1 Å². The summed E-state index contributed by atoms with van der Waals surface area (Å²) in [7, 11) is 3.90. The van der Waals surface area contributed by atoms with Crippen LogP contribution in [0.5, 0.6) is 0 Å². The molecule has 0 spiro atoms. The second-order valence-electron chi connectivity index (χ2n) is 7.44. The van der Waals surface area contributed by atoms with Crippen LogP contribution in [0.3, 0.4) is 0 Å². The van der Waals surface area contributed by atoms with E-state index in [9.17, 15) is 4.39 Å². The molecule has 1 atom stereocenters. The lowest BCUT2D eigenvalue weighted by Gasteiger charge is -2.27. The van der Waals surface area contributed by atoms with E-state index >= 15 is 0 Å². The summed E-state index contributed by atoms with van der Waals surface area (Å²) in [6, 6.07) is 5.93. The van der Waals surface area contributed by atoms with Crippen molar-refractivity contribution < 1.29 is 4.39 Å². The molecule has 0 amide bonds. The predicted molar refractivity (Wildman–Crippen MR) is 112 cm³/mol. The maximum absolute atomic E-state index is 14.0. The number of nitrogens with one attached hydrogen (secondary N) is 1. The summed E-state index contributed by atoms with van der Waals surface area (Å²) >= 11 is 0. The first-order chi connectivity index (χ1) is 13.0. The Bertz CT molecular complexity index is 613. The van der Waals surface area contributed by atoms with E-state index in [-0.39, 0.29) is 5.82 Å². The van der Waals surface area contributed by atoms with Crippen LogP contribution in [-0.4, -0.2) is 73.5 Å². The molecular weight excluding hydrogens is 341 g/mol. The van der Waals surface area contributed by atoms with Gasteiger partial charge in [-0.05, 0) is 58.2 Å². The molecule has 1 unspecified atom stereocenters. The molecule has 27 heavy (non-hydrogen) atoms. The number of rotatable bonds is 8. The largest absolute Gasteiger partial charge is 0.357 e. The molecule has 6 heteroatoms. The van der Waals surface area contributed by atoms with Gasteiger partial charge in [-0.15, -0.1) is 0 Å². The van der Waals surface area contributed by atoms with Gasteiger partial charge in [-0.3, -0.25) is 4.90 Å². The van der Waals surface area contributed by atoms with Crippen molar-refractivity contribution in [3.8, 4) is 0 Å². The highest BCUT2D eigenvalue weighted by Gasteiger charge is 2.27. The van der Waals surface area contributed by atoms with Crippen molar-refractivity contribution in [3.63, 3.8) is 0 Å². The fourth-order valence-corrected chi connectivity index (χ4v) is 3.75. The maximum atomic E-state index is 14.0. The van der Waals surface area contributed by atoms with E-state index in [4.69, 9.17) is 4.99 Å². The number of hydrogen-bond donors (Lipinski definition) is 1. The molecule has 0 bridgehead atoms. The van der Waals surface area contributed by atoms with Crippen molar-refractivity contribution in [2.24, 2.45) is 4.99 Å². The first kappa shape index (κ1) is 21.6. The third kappa shape index (κ3) is 6.18. The topological polar surface area (TPSA) is 34.1 Å². The molecule has 1 N–H and O–H groups in total. The van der Waals surface area contributed by atoms with Crippen molar-refractivity contribution >= 4 is 5.96 Å². The van der Waals surface area contributed by atoms with E-state index in [1.807, 2.05) is 31.1 Å². The monoisotopic (exact) mass is 377 g/mol. The van der Waals surface area contributed by atoms with Gasteiger partial charge in [0.05, 0.1) is 6.54 Å². The van der Waals surface area contributed by atoms with Crippen LogP contribution in [0.4, 0.5) is 4.39 Å². The van der Waals surface area contributed by atoms with Crippen LogP contribution in [0.15, 0.2) is 23.2 Å². The second kappa shape index (κ2) is 10.6. The molecular formula is C21H36FN5. The number of nitrogens with zero attached hydrogens (tertiary/aromatic N) is 4. The Balaban J connectivity index is 2.08. The van der Waals surface area contributed by atoms with E-state index in [1.165, 1.54) is 6.42 Å². The van der Waals surface area contributed by atoms with Gasteiger partial charge in [0, 0.05) is 37.8 Å². The van der Waals surface area contributed by atoms with Crippen molar-refractivity contribution in [2.75, 3.05) is 46.8 Å². The second-order valence-corrected chi connectivity index (χ2v) is 7.44. The fourth-order valence-electron chi connectivity index (χ4n) is 3.75. The Morgan fingerprint density at radius 2 is 2.00 bits per heavy atom. The lowest BCUT2D eigenvalue weighted by molar-refractivity contribution is 0.223. The first-order valence-electron chi connectivity index (χ1n) is 10.2. The molecule has 0 aliphatic carbocycles. The van der Waals surface area contributed by atoms with Gasteiger partial charge < -0.3 is 15.1 Å². The normalized spacial score (nSPS) is 18.0. The van der Waals surface area contributed by atoms with Gasteiger partial charge in [0.25, 0.3) is 0 Å². The fraction of sp³-hybridized carbons (Fsp3) is 0.667. The van der Waals surface area contributed by atoms with Gasteiger partial charge in [0.2, 0.25) is 0 Å². The van der Waals surface area contributed by atoms with Crippen LogP contribution in [0.2, 0.25) is 0 Å².